The van der Waals surface area contributed by atoms with Gasteiger partial charge in [-0.1, -0.05) is 13.8 Å². The standard InChI is InChI=1S/C17H25N3O4S/c1-10(2)7-16(21)18-12-8-13-14(20(6)17(22)19(13)5)9-15(12)25(23,24)11(3)4/h8-11H,7H2,1-6H3,(H,18,21). The monoisotopic (exact) mass is 367 g/mol. The Labute approximate surface area is 147 Å². The Morgan fingerprint density at radius 2 is 1.60 bits per heavy atom. The number of amides is 1. The molecule has 138 valence electrons. The summed E-state index contributed by atoms with van der Waals surface area (Å²) in [5, 5.41) is 2.06. The Kier molecular flexibility index (Phi) is 5.13. The number of fused-ring (bicyclic) bond motifs is 1. The molecule has 1 aromatic carbocycles. The van der Waals surface area contributed by atoms with E-state index in [0.717, 1.165) is 0 Å². The highest BCUT2D eigenvalue weighted by atomic mass is 32.2. The Balaban J connectivity index is 2.74. The molecule has 1 heterocycles. The number of nitrogens with one attached hydrogen (secondary N) is 1. The number of nitrogens with zero attached hydrogens (tertiary/aromatic N) is 2. The second-order valence-electron chi connectivity index (χ2n) is 6.98. The summed E-state index contributed by atoms with van der Waals surface area (Å²) in [6, 6.07) is 3.03. The van der Waals surface area contributed by atoms with Gasteiger partial charge in [-0.15, -0.1) is 0 Å². The number of benzene rings is 1. The minimum Gasteiger partial charge on any atom is -0.325 e. The van der Waals surface area contributed by atoms with Crippen molar-refractivity contribution in [2.45, 2.75) is 44.3 Å². The number of sulfone groups is 1. The maximum absolute atomic E-state index is 12.8. The van der Waals surface area contributed by atoms with E-state index in [1.165, 1.54) is 15.2 Å². The molecule has 2 rings (SSSR count). The molecule has 0 aliphatic heterocycles. The van der Waals surface area contributed by atoms with Crippen molar-refractivity contribution in [3.05, 3.63) is 22.6 Å². The molecule has 0 aliphatic carbocycles. The van der Waals surface area contributed by atoms with Crippen molar-refractivity contribution in [3.8, 4) is 0 Å². The number of aromatic nitrogens is 2. The predicted molar refractivity (Wildman–Crippen MR) is 98.6 cm³/mol. The largest absolute Gasteiger partial charge is 0.328 e. The SMILES string of the molecule is CC(C)CC(=O)Nc1cc2c(cc1S(=O)(=O)C(C)C)n(C)c(=O)n2C. The molecule has 0 radical (unpaired) electrons. The highest BCUT2D eigenvalue weighted by Gasteiger charge is 2.26. The summed E-state index contributed by atoms with van der Waals surface area (Å²) >= 11 is 0. The van der Waals surface area contributed by atoms with E-state index in [1.54, 1.807) is 34.0 Å². The number of carbonyl (C=O) groups excluding carboxylic acids is 1. The molecule has 8 heteroatoms. The fourth-order valence-electron chi connectivity index (χ4n) is 2.69. The summed E-state index contributed by atoms with van der Waals surface area (Å²) < 4.78 is 28.3. The number of aryl methyl sites for hydroxylation is 2. The lowest BCUT2D eigenvalue weighted by molar-refractivity contribution is -0.116. The van der Waals surface area contributed by atoms with Crippen molar-refractivity contribution >= 4 is 32.5 Å². The number of rotatable bonds is 5. The normalized spacial score (nSPS) is 12.3. The van der Waals surface area contributed by atoms with Crippen LogP contribution in [0.4, 0.5) is 5.69 Å². The van der Waals surface area contributed by atoms with Gasteiger partial charge in [0.2, 0.25) is 5.91 Å². The number of imidazole rings is 1. The molecule has 7 nitrogen and oxygen atoms in total. The second-order valence-corrected chi connectivity index (χ2v) is 9.45. The third-order valence-corrected chi connectivity index (χ3v) is 6.36. The summed E-state index contributed by atoms with van der Waals surface area (Å²) in [6.07, 6.45) is 0.285. The van der Waals surface area contributed by atoms with Crippen LogP contribution in [0.2, 0.25) is 0 Å². The molecule has 0 saturated carbocycles. The predicted octanol–water partition coefficient (Wildman–Crippen LogP) is 2.04. The quantitative estimate of drug-likeness (QED) is 0.876. The van der Waals surface area contributed by atoms with Crippen molar-refractivity contribution in [2.24, 2.45) is 20.0 Å². The molecule has 0 aliphatic rings. The van der Waals surface area contributed by atoms with Crippen LogP contribution >= 0.6 is 0 Å². The Hall–Kier alpha value is -2.09. The first-order valence-corrected chi connectivity index (χ1v) is 9.74. The Bertz CT molecular complexity index is 981. The minimum absolute atomic E-state index is 0.0355. The number of anilines is 1. The van der Waals surface area contributed by atoms with Crippen LogP contribution in [-0.2, 0) is 28.7 Å². The average molecular weight is 367 g/mol. The summed E-state index contributed by atoms with van der Waals surface area (Å²) in [5.74, 6) is -0.106. The third-order valence-electron chi connectivity index (χ3n) is 4.17. The number of hydrogen-bond acceptors (Lipinski definition) is 4. The van der Waals surface area contributed by atoms with Gasteiger partial charge in [0.25, 0.3) is 0 Å². The first-order valence-electron chi connectivity index (χ1n) is 8.20. The van der Waals surface area contributed by atoms with Gasteiger partial charge in [0, 0.05) is 20.5 Å². The summed E-state index contributed by atoms with van der Waals surface area (Å²) in [4.78, 5) is 24.4. The zero-order valence-electron chi connectivity index (χ0n) is 15.5. The van der Waals surface area contributed by atoms with Gasteiger partial charge in [0.1, 0.15) is 0 Å². The van der Waals surface area contributed by atoms with E-state index in [2.05, 4.69) is 5.32 Å². The lowest BCUT2D eigenvalue weighted by atomic mass is 10.1. The third kappa shape index (κ3) is 3.49. The van der Waals surface area contributed by atoms with Crippen LogP contribution in [0.25, 0.3) is 11.0 Å². The van der Waals surface area contributed by atoms with Gasteiger partial charge in [0.05, 0.1) is 26.9 Å². The topological polar surface area (TPSA) is 90.2 Å². The van der Waals surface area contributed by atoms with Crippen molar-refractivity contribution in [1.29, 1.82) is 0 Å². The zero-order chi connectivity index (χ0) is 19.1. The summed E-state index contributed by atoms with van der Waals surface area (Å²) in [6.45, 7) is 7.00. The van der Waals surface area contributed by atoms with Gasteiger partial charge in [-0.2, -0.15) is 0 Å². The van der Waals surface area contributed by atoms with Crippen molar-refractivity contribution in [3.63, 3.8) is 0 Å². The lowest BCUT2D eigenvalue weighted by Gasteiger charge is -2.15. The maximum Gasteiger partial charge on any atom is 0.328 e. The molecule has 0 fully saturated rings. The van der Waals surface area contributed by atoms with E-state index in [1.807, 2.05) is 13.8 Å². The average Bonchev–Trinajstić information content (AvgIpc) is 2.70. The minimum atomic E-state index is -3.63. The van der Waals surface area contributed by atoms with Gasteiger partial charge < -0.3 is 5.32 Å². The highest BCUT2D eigenvalue weighted by molar-refractivity contribution is 7.92. The van der Waals surface area contributed by atoms with Gasteiger partial charge >= 0.3 is 5.69 Å². The van der Waals surface area contributed by atoms with Crippen LogP contribution in [0.3, 0.4) is 0 Å². The van der Waals surface area contributed by atoms with E-state index in [4.69, 9.17) is 0 Å². The summed E-state index contributed by atoms with van der Waals surface area (Å²) in [7, 11) is -0.430. The molecule has 0 atom stereocenters. The van der Waals surface area contributed by atoms with Gasteiger partial charge in [-0.05, 0) is 31.9 Å². The van der Waals surface area contributed by atoms with Gasteiger partial charge in [-0.3, -0.25) is 13.9 Å². The molecule has 0 bridgehead atoms. The second kappa shape index (κ2) is 6.67. The van der Waals surface area contributed by atoms with E-state index >= 15 is 0 Å². The molecule has 1 aromatic heterocycles. The fraction of sp³-hybridized carbons (Fsp3) is 0.529. The smallest absolute Gasteiger partial charge is 0.325 e. The van der Waals surface area contributed by atoms with E-state index in [-0.39, 0.29) is 34.5 Å². The van der Waals surface area contributed by atoms with Crippen molar-refractivity contribution in [1.82, 2.24) is 9.13 Å². The molecule has 25 heavy (non-hydrogen) atoms. The molecule has 2 aromatic rings. The van der Waals surface area contributed by atoms with E-state index in [9.17, 15) is 18.0 Å². The van der Waals surface area contributed by atoms with Crippen LogP contribution in [0.5, 0.6) is 0 Å². The van der Waals surface area contributed by atoms with E-state index < -0.39 is 15.1 Å². The Morgan fingerprint density at radius 3 is 2.08 bits per heavy atom. The molecular weight excluding hydrogens is 342 g/mol. The summed E-state index contributed by atoms with van der Waals surface area (Å²) in [5.41, 5.74) is 1.03. The molecule has 0 spiro atoms. The number of hydrogen-bond donors (Lipinski definition) is 1. The molecule has 0 saturated heterocycles. The maximum atomic E-state index is 12.8. The van der Waals surface area contributed by atoms with E-state index in [0.29, 0.717) is 11.0 Å². The van der Waals surface area contributed by atoms with Gasteiger partial charge in [0.15, 0.2) is 9.84 Å². The Morgan fingerprint density at radius 1 is 1.08 bits per heavy atom. The van der Waals surface area contributed by atoms with Crippen LogP contribution < -0.4 is 11.0 Å². The zero-order valence-corrected chi connectivity index (χ0v) is 16.3. The fourth-order valence-corrected chi connectivity index (χ4v) is 3.89. The first-order chi connectivity index (χ1) is 11.5. The molecule has 1 N–H and O–H groups in total. The number of carbonyl (C=O) groups is 1. The van der Waals surface area contributed by atoms with Crippen LogP contribution in [0.1, 0.15) is 34.1 Å². The van der Waals surface area contributed by atoms with Crippen molar-refractivity contribution in [2.75, 3.05) is 5.32 Å². The van der Waals surface area contributed by atoms with Crippen LogP contribution in [-0.4, -0.2) is 28.7 Å². The highest BCUT2D eigenvalue weighted by Crippen LogP contribution is 2.30. The first kappa shape index (κ1) is 19.2. The lowest BCUT2D eigenvalue weighted by Crippen LogP contribution is -2.20. The van der Waals surface area contributed by atoms with Crippen LogP contribution in [0, 0.1) is 5.92 Å². The molecule has 1 amide bonds. The van der Waals surface area contributed by atoms with Gasteiger partial charge in [-0.25, -0.2) is 13.2 Å². The van der Waals surface area contributed by atoms with Crippen LogP contribution in [0.15, 0.2) is 21.8 Å². The molecule has 0 unspecified atom stereocenters. The van der Waals surface area contributed by atoms with Crippen molar-refractivity contribution < 1.29 is 13.2 Å². The molecular formula is C17H25N3O4S.